The van der Waals surface area contributed by atoms with Gasteiger partial charge in [0, 0.05) is 30.4 Å². The van der Waals surface area contributed by atoms with Gasteiger partial charge in [-0.3, -0.25) is 9.78 Å². The number of amides is 3. The summed E-state index contributed by atoms with van der Waals surface area (Å²) in [6.45, 7) is 4.97. The maximum atomic E-state index is 13.5. The van der Waals surface area contributed by atoms with Crippen molar-refractivity contribution >= 4 is 11.9 Å². The quantitative estimate of drug-likeness (QED) is 0.305. The molecule has 0 spiro atoms. The van der Waals surface area contributed by atoms with Gasteiger partial charge >= 0.3 is 18.4 Å². The van der Waals surface area contributed by atoms with E-state index in [2.05, 4.69) is 15.6 Å². The number of rotatable bonds is 5. The Bertz CT molecular complexity index is 1500. The summed E-state index contributed by atoms with van der Waals surface area (Å²) >= 11 is 0. The van der Waals surface area contributed by atoms with E-state index in [-0.39, 0.29) is 36.2 Å². The molecule has 7 nitrogen and oxygen atoms in total. The van der Waals surface area contributed by atoms with Gasteiger partial charge in [-0.2, -0.15) is 26.3 Å². The summed E-state index contributed by atoms with van der Waals surface area (Å²) in [4.78, 5) is 31.4. The van der Waals surface area contributed by atoms with E-state index in [1.807, 2.05) is 0 Å². The third-order valence-corrected chi connectivity index (χ3v) is 6.89. The standard InChI is InChI=1S/C30H30F6N4O3/c1-28(2,3)39-27(43)40-12-11-21-20(17-5-4-6-19(13-17)29(31,32)33)8-9-22(23(21)15-40)26(42)38-24(16-41)18-7-10-25(37-14-18)30(34,35)36/h4-10,13-14,24,41H,11-12,15-16H2,1-3H3,(H,38,42)(H,39,43)/t24-/m1/s1. The predicted molar refractivity (Wildman–Crippen MR) is 146 cm³/mol. The van der Waals surface area contributed by atoms with Crippen molar-refractivity contribution in [1.82, 2.24) is 20.5 Å². The molecule has 0 unspecified atom stereocenters. The van der Waals surface area contributed by atoms with Crippen LogP contribution in [-0.4, -0.2) is 45.6 Å². The summed E-state index contributed by atoms with van der Waals surface area (Å²) in [6.07, 6.45) is -8.08. The minimum absolute atomic E-state index is 0.0293. The van der Waals surface area contributed by atoms with Crippen molar-refractivity contribution < 1.29 is 41.0 Å². The molecule has 3 amide bonds. The summed E-state index contributed by atoms with van der Waals surface area (Å²) in [5.41, 5.74) is -0.531. The number of hydrogen-bond donors (Lipinski definition) is 3. The monoisotopic (exact) mass is 608 g/mol. The zero-order valence-electron chi connectivity index (χ0n) is 23.5. The van der Waals surface area contributed by atoms with E-state index in [4.69, 9.17) is 0 Å². The molecule has 1 aliphatic heterocycles. The van der Waals surface area contributed by atoms with Crippen LogP contribution in [0.3, 0.4) is 0 Å². The van der Waals surface area contributed by atoms with Gasteiger partial charge in [0.2, 0.25) is 0 Å². The Balaban J connectivity index is 1.72. The lowest BCUT2D eigenvalue weighted by Gasteiger charge is -2.34. The maximum absolute atomic E-state index is 13.5. The number of nitrogens with one attached hydrogen (secondary N) is 2. The van der Waals surface area contributed by atoms with Crippen molar-refractivity contribution in [3.8, 4) is 11.1 Å². The van der Waals surface area contributed by atoms with Crippen LogP contribution in [0, 0.1) is 0 Å². The average molecular weight is 609 g/mol. The molecule has 3 N–H and O–H groups in total. The number of pyridine rings is 1. The highest BCUT2D eigenvalue weighted by molar-refractivity contribution is 5.97. The Hall–Kier alpha value is -4.13. The lowest BCUT2D eigenvalue weighted by atomic mass is 9.86. The molecule has 0 saturated carbocycles. The van der Waals surface area contributed by atoms with Crippen molar-refractivity contribution in [3.63, 3.8) is 0 Å². The molecule has 4 rings (SSSR count). The number of hydrogen-bond acceptors (Lipinski definition) is 4. The van der Waals surface area contributed by atoms with Crippen molar-refractivity contribution in [2.45, 2.75) is 57.7 Å². The fourth-order valence-electron chi connectivity index (χ4n) is 4.84. The predicted octanol–water partition coefficient (Wildman–Crippen LogP) is 6.12. The van der Waals surface area contributed by atoms with Gasteiger partial charge in [0.05, 0.1) is 18.2 Å². The van der Waals surface area contributed by atoms with Gasteiger partial charge in [-0.1, -0.05) is 24.3 Å². The highest BCUT2D eigenvalue weighted by Crippen LogP contribution is 2.37. The number of fused-ring (bicyclic) bond motifs is 1. The molecule has 0 radical (unpaired) electrons. The molecule has 1 aliphatic rings. The normalized spacial score (nSPS) is 14.6. The lowest BCUT2D eigenvalue weighted by molar-refractivity contribution is -0.141. The number of urea groups is 1. The summed E-state index contributed by atoms with van der Waals surface area (Å²) < 4.78 is 79.2. The maximum Gasteiger partial charge on any atom is 0.433 e. The number of nitrogens with zero attached hydrogens (tertiary/aromatic N) is 2. The fourth-order valence-corrected chi connectivity index (χ4v) is 4.84. The van der Waals surface area contributed by atoms with E-state index in [0.717, 1.165) is 30.5 Å². The molecule has 43 heavy (non-hydrogen) atoms. The molecule has 13 heteroatoms. The van der Waals surface area contributed by atoms with Crippen molar-refractivity contribution in [2.75, 3.05) is 13.2 Å². The first-order valence-corrected chi connectivity index (χ1v) is 13.3. The lowest BCUT2D eigenvalue weighted by Crippen LogP contribution is -2.50. The summed E-state index contributed by atoms with van der Waals surface area (Å²) in [5.74, 6) is -0.691. The zero-order chi connectivity index (χ0) is 31.7. The van der Waals surface area contributed by atoms with Gasteiger partial charge in [-0.15, -0.1) is 0 Å². The second-order valence-electron chi connectivity index (χ2n) is 11.2. The third-order valence-electron chi connectivity index (χ3n) is 6.89. The van der Waals surface area contributed by atoms with Crippen LogP contribution in [0.4, 0.5) is 31.1 Å². The van der Waals surface area contributed by atoms with Gasteiger partial charge in [0.15, 0.2) is 0 Å². The molecular formula is C30H30F6N4O3. The molecule has 0 bridgehead atoms. The van der Waals surface area contributed by atoms with Crippen LogP contribution in [0.25, 0.3) is 11.1 Å². The SMILES string of the molecule is CC(C)(C)NC(=O)N1CCc2c(-c3cccc(C(F)(F)F)c3)ccc(C(=O)N[C@H](CO)c3ccc(C(F)(F)F)nc3)c2C1. The minimum Gasteiger partial charge on any atom is -0.394 e. The van der Waals surface area contributed by atoms with E-state index >= 15 is 0 Å². The van der Waals surface area contributed by atoms with Crippen LogP contribution in [0.1, 0.15) is 65.1 Å². The molecule has 3 aromatic rings. The Kier molecular flexibility index (Phi) is 8.77. The summed E-state index contributed by atoms with van der Waals surface area (Å²) in [6, 6.07) is 8.10. The highest BCUT2D eigenvalue weighted by atomic mass is 19.4. The molecule has 230 valence electrons. The highest BCUT2D eigenvalue weighted by Gasteiger charge is 2.34. The number of carbonyl (C=O) groups is 2. The van der Waals surface area contributed by atoms with Crippen molar-refractivity contribution in [3.05, 3.63) is 88.2 Å². The summed E-state index contributed by atoms with van der Waals surface area (Å²) in [7, 11) is 0. The summed E-state index contributed by atoms with van der Waals surface area (Å²) in [5, 5.41) is 15.4. The van der Waals surface area contributed by atoms with Crippen LogP contribution in [0.15, 0.2) is 54.7 Å². The Morgan fingerprint density at radius 3 is 2.28 bits per heavy atom. The number of benzene rings is 2. The number of aliphatic hydroxyl groups is 1. The van der Waals surface area contributed by atoms with Crippen molar-refractivity contribution in [2.24, 2.45) is 0 Å². The smallest absolute Gasteiger partial charge is 0.394 e. The van der Waals surface area contributed by atoms with E-state index < -0.39 is 53.7 Å². The first kappa shape index (κ1) is 31.8. The number of alkyl halides is 6. The molecule has 0 saturated heterocycles. The van der Waals surface area contributed by atoms with Gasteiger partial charge in [0.25, 0.3) is 5.91 Å². The van der Waals surface area contributed by atoms with Crippen LogP contribution in [-0.2, 0) is 25.3 Å². The largest absolute Gasteiger partial charge is 0.433 e. The van der Waals surface area contributed by atoms with E-state index in [9.17, 15) is 41.0 Å². The third kappa shape index (κ3) is 7.45. The first-order valence-electron chi connectivity index (χ1n) is 13.3. The second kappa shape index (κ2) is 11.9. The number of carbonyl (C=O) groups excluding carboxylic acids is 2. The Labute approximate surface area is 243 Å². The molecule has 1 aromatic heterocycles. The molecule has 2 aromatic carbocycles. The van der Waals surface area contributed by atoms with E-state index in [0.29, 0.717) is 16.7 Å². The van der Waals surface area contributed by atoms with E-state index in [1.54, 1.807) is 20.8 Å². The van der Waals surface area contributed by atoms with Crippen LogP contribution in [0.2, 0.25) is 0 Å². The molecule has 2 heterocycles. The van der Waals surface area contributed by atoms with E-state index in [1.165, 1.54) is 29.2 Å². The Morgan fingerprint density at radius 1 is 0.977 bits per heavy atom. The molecule has 0 fully saturated rings. The van der Waals surface area contributed by atoms with Crippen LogP contribution >= 0.6 is 0 Å². The van der Waals surface area contributed by atoms with Gasteiger partial charge < -0.3 is 20.6 Å². The van der Waals surface area contributed by atoms with Crippen molar-refractivity contribution in [1.29, 1.82) is 0 Å². The molecule has 1 atom stereocenters. The zero-order valence-corrected chi connectivity index (χ0v) is 23.5. The second-order valence-corrected chi connectivity index (χ2v) is 11.2. The fraction of sp³-hybridized carbons (Fsp3) is 0.367. The van der Waals surface area contributed by atoms with Gasteiger partial charge in [-0.25, -0.2) is 4.79 Å². The van der Waals surface area contributed by atoms with Crippen LogP contribution in [0.5, 0.6) is 0 Å². The molecular weight excluding hydrogens is 578 g/mol. The molecule has 0 aliphatic carbocycles. The minimum atomic E-state index is -4.66. The number of aliphatic hydroxyl groups excluding tert-OH is 1. The topological polar surface area (TPSA) is 94.6 Å². The number of aromatic nitrogens is 1. The van der Waals surface area contributed by atoms with Gasteiger partial charge in [0.1, 0.15) is 5.69 Å². The average Bonchev–Trinajstić information content (AvgIpc) is 2.93. The van der Waals surface area contributed by atoms with Gasteiger partial charge in [-0.05, 0) is 79.3 Å². The number of halogens is 6. The Morgan fingerprint density at radius 2 is 1.70 bits per heavy atom. The van der Waals surface area contributed by atoms with Crippen LogP contribution < -0.4 is 10.6 Å². The first-order chi connectivity index (χ1) is 20.0.